The number of halogens is 1. The number of ether oxygens (including phenoxy) is 1. The minimum absolute atomic E-state index is 0.0258. The Labute approximate surface area is 130 Å². The normalized spacial score (nSPS) is 10.4. The Bertz CT molecular complexity index is 673. The molecule has 2 aromatic rings. The molecule has 2 aromatic carbocycles. The number of aliphatic hydroxyl groups is 1. The zero-order valence-electron chi connectivity index (χ0n) is 11.4. The maximum Gasteiger partial charge on any atom is 0.276 e. The number of hydrogen-bond acceptors (Lipinski definition) is 4. The minimum atomic E-state index is -0.430. The molecule has 0 aliphatic rings. The molecule has 0 spiro atoms. The highest BCUT2D eigenvalue weighted by Crippen LogP contribution is 2.29. The van der Waals surface area contributed by atoms with E-state index in [4.69, 9.17) is 4.74 Å². The van der Waals surface area contributed by atoms with Crippen LogP contribution in [-0.2, 0) is 13.2 Å². The quantitative estimate of drug-likeness (QED) is 0.657. The molecule has 0 amide bonds. The van der Waals surface area contributed by atoms with Crippen molar-refractivity contribution < 1.29 is 14.8 Å². The summed E-state index contributed by atoms with van der Waals surface area (Å²) in [6.45, 7) is 1.78. The highest BCUT2D eigenvalue weighted by molar-refractivity contribution is 9.10. The van der Waals surface area contributed by atoms with Crippen molar-refractivity contribution in [3.05, 3.63) is 67.7 Å². The molecule has 6 heteroatoms. The number of aliphatic hydroxyl groups excluding tert-OH is 1. The lowest BCUT2D eigenvalue weighted by atomic mass is 10.1. The summed E-state index contributed by atoms with van der Waals surface area (Å²) in [5.74, 6) is 0.554. The summed E-state index contributed by atoms with van der Waals surface area (Å²) in [6.07, 6.45) is 0. The fourth-order valence-electron chi connectivity index (χ4n) is 2.08. The monoisotopic (exact) mass is 351 g/mol. The van der Waals surface area contributed by atoms with Gasteiger partial charge in [0.1, 0.15) is 12.4 Å². The van der Waals surface area contributed by atoms with Gasteiger partial charge in [0, 0.05) is 16.1 Å². The van der Waals surface area contributed by atoms with Crippen LogP contribution < -0.4 is 4.74 Å². The highest BCUT2D eigenvalue weighted by Gasteiger charge is 2.14. The van der Waals surface area contributed by atoms with Gasteiger partial charge in [0.05, 0.1) is 17.1 Å². The average molecular weight is 352 g/mol. The van der Waals surface area contributed by atoms with Crippen LogP contribution in [0.1, 0.15) is 16.7 Å². The highest BCUT2D eigenvalue weighted by atomic mass is 79.9. The summed E-state index contributed by atoms with van der Waals surface area (Å²) in [7, 11) is 0. The number of nitro groups is 1. The maximum atomic E-state index is 11.0. The van der Waals surface area contributed by atoms with Crippen molar-refractivity contribution in [2.75, 3.05) is 0 Å². The predicted octanol–water partition coefficient (Wildman–Crippen LogP) is 3.74. The number of rotatable bonds is 5. The molecule has 0 radical (unpaired) electrons. The topological polar surface area (TPSA) is 72.6 Å². The third kappa shape index (κ3) is 3.59. The van der Waals surface area contributed by atoms with Crippen molar-refractivity contribution in [3.63, 3.8) is 0 Å². The number of nitro benzene ring substituents is 1. The molecule has 0 aliphatic heterocycles. The summed E-state index contributed by atoms with van der Waals surface area (Å²) < 4.78 is 6.55. The first kappa shape index (κ1) is 15.5. The van der Waals surface area contributed by atoms with Crippen molar-refractivity contribution in [1.82, 2.24) is 0 Å². The van der Waals surface area contributed by atoms with Crippen molar-refractivity contribution in [3.8, 4) is 5.75 Å². The van der Waals surface area contributed by atoms with E-state index in [1.165, 1.54) is 6.07 Å². The summed E-state index contributed by atoms with van der Waals surface area (Å²) in [5, 5.41) is 20.4. The lowest BCUT2D eigenvalue weighted by Crippen LogP contribution is -2.03. The molecular formula is C15H14BrNO4. The van der Waals surface area contributed by atoms with Gasteiger partial charge in [-0.05, 0) is 30.7 Å². The van der Waals surface area contributed by atoms with Crippen LogP contribution in [0.25, 0.3) is 0 Å². The van der Waals surface area contributed by atoms with Crippen LogP contribution in [0.4, 0.5) is 5.69 Å². The van der Waals surface area contributed by atoms with Gasteiger partial charge in [-0.1, -0.05) is 28.1 Å². The van der Waals surface area contributed by atoms with E-state index in [9.17, 15) is 15.2 Å². The molecule has 2 rings (SSSR count). The molecular weight excluding hydrogens is 338 g/mol. The van der Waals surface area contributed by atoms with Crippen LogP contribution in [0, 0.1) is 17.0 Å². The number of hydrogen-bond donors (Lipinski definition) is 1. The van der Waals surface area contributed by atoms with Crippen LogP contribution in [0.15, 0.2) is 40.9 Å². The smallest absolute Gasteiger partial charge is 0.276 e. The molecule has 0 heterocycles. The zero-order chi connectivity index (χ0) is 15.4. The van der Waals surface area contributed by atoms with Gasteiger partial charge in [-0.2, -0.15) is 0 Å². The zero-order valence-corrected chi connectivity index (χ0v) is 13.0. The van der Waals surface area contributed by atoms with E-state index < -0.39 is 4.92 Å². The molecule has 0 saturated heterocycles. The molecule has 0 saturated carbocycles. The molecule has 5 nitrogen and oxygen atoms in total. The summed E-state index contributed by atoms with van der Waals surface area (Å²) >= 11 is 3.36. The molecule has 0 unspecified atom stereocenters. The molecule has 21 heavy (non-hydrogen) atoms. The Morgan fingerprint density at radius 3 is 2.67 bits per heavy atom. The van der Waals surface area contributed by atoms with Gasteiger partial charge in [-0.25, -0.2) is 0 Å². The van der Waals surface area contributed by atoms with Gasteiger partial charge in [0.2, 0.25) is 0 Å². The Balaban J connectivity index is 2.27. The van der Waals surface area contributed by atoms with Crippen molar-refractivity contribution in [2.45, 2.75) is 20.1 Å². The third-order valence-electron chi connectivity index (χ3n) is 3.05. The number of aryl methyl sites for hydroxylation is 1. The van der Waals surface area contributed by atoms with E-state index in [2.05, 4.69) is 15.9 Å². The van der Waals surface area contributed by atoms with Gasteiger partial charge in [-0.3, -0.25) is 10.1 Å². The van der Waals surface area contributed by atoms with Crippen LogP contribution in [0.3, 0.4) is 0 Å². The molecule has 1 N–H and O–H groups in total. The van der Waals surface area contributed by atoms with Crippen molar-refractivity contribution in [2.24, 2.45) is 0 Å². The maximum absolute atomic E-state index is 11.0. The van der Waals surface area contributed by atoms with E-state index in [0.29, 0.717) is 16.9 Å². The molecule has 0 aliphatic carbocycles. The van der Waals surface area contributed by atoms with Gasteiger partial charge in [-0.15, -0.1) is 0 Å². The second kappa shape index (κ2) is 6.69. The molecule has 0 aromatic heterocycles. The van der Waals surface area contributed by atoms with Gasteiger partial charge < -0.3 is 9.84 Å². The first-order valence-corrected chi connectivity index (χ1v) is 7.07. The first-order chi connectivity index (χ1) is 10.0. The second-order valence-electron chi connectivity index (χ2n) is 4.54. The fraction of sp³-hybridized carbons (Fsp3) is 0.200. The standard InChI is InChI=1S/C15H14BrNO4/c1-10-6-13(16)7-12(8-18)15(10)21-9-11-4-2-3-5-14(11)17(19)20/h2-7,18H,8-9H2,1H3. The van der Waals surface area contributed by atoms with E-state index in [0.717, 1.165) is 10.0 Å². The Morgan fingerprint density at radius 1 is 1.29 bits per heavy atom. The molecule has 0 atom stereocenters. The molecule has 110 valence electrons. The second-order valence-corrected chi connectivity index (χ2v) is 5.46. The van der Waals surface area contributed by atoms with Crippen LogP contribution in [0.5, 0.6) is 5.75 Å². The van der Waals surface area contributed by atoms with E-state index in [-0.39, 0.29) is 18.9 Å². The van der Waals surface area contributed by atoms with Crippen LogP contribution in [0.2, 0.25) is 0 Å². The molecule has 0 bridgehead atoms. The molecule has 0 fully saturated rings. The largest absolute Gasteiger partial charge is 0.488 e. The van der Waals surface area contributed by atoms with E-state index >= 15 is 0 Å². The average Bonchev–Trinajstić information content (AvgIpc) is 2.45. The fourth-order valence-corrected chi connectivity index (χ4v) is 2.70. The van der Waals surface area contributed by atoms with Crippen molar-refractivity contribution in [1.29, 1.82) is 0 Å². The Kier molecular flexibility index (Phi) is 4.93. The summed E-state index contributed by atoms with van der Waals surface area (Å²) in [5.41, 5.74) is 2.01. The Hall–Kier alpha value is -1.92. The SMILES string of the molecule is Cc1cc(Br)cc(CO)c1OCc1ccccc1[N+](=O)[O-]. The lowest BCUT2D eigenvalue weighted by Gasteiger charge is -2.14. The van der Waals surface area contributed by atoms with E-state index in [1.807, 2.05) is 13.0 Å². The predicted molar refractivity (Wildman–Crippen MR) is 82.2 cm³/mol. The van der Waals surface area contributed by atoms with Crippen LogP contribution in [-0.4, -0.2) is 10.0 Å². The number of benzene rings is 2. The van der Waals surface area contributed by atoms with Gasteiger partial charge in [0.15, 0.2) is 0 Å². The number of nitrogens with zero attached hydrogens (tertiary/aromatic N) is 1. The third-order valence-corrected chi connectivity index (χ3v) is 3.50. The summed E-state index contributed by atoms with van der Waals surface area (Å²) in [4.78, 5) is 10.5. The minimum Gasteiger partial charge on any atom is -0.488 e. The first-order valence-electron chi connectivity index (χ1n) is 6.28. The van der Waals surface area contributed by atoms with Gasteiger partial charge >= 0.3 is 0 Å². The lowest BCUT2D eigenvalue weighted by molar-refractivity contribution is -0.385. The van der Waals surface area contributed by atoms with E-state index in [1.54, 1.807) is 24.3 Å². The van der Waals surface area contributed by atoms with Crippen molar-refractivity contribution >= 4 is 21.6 Å². The Morgan fingerprint density at radius 2 is 2.00 bits per heavy atom. The summed E-state index contributed by atoms with van der Waals surface area (Å²) in [6, 6.07) is 10.1. The number of para-hydroxylation sites is 1. The van der Waals surface area contributed by atoms with Crippen LogP contribution >= 0.6 is 15.9 Å². The van der Waals surface area contributed by atoms with Gasteiger partial charge in [0.25, 0.3) is 5.69 Å².